The lowest BCUT2D eigenvalue weighted by Gasteiger charge is -2.48. The summed E-state index contributed by atoms with van der Waals surface area (Å²) < 4.78 is 5.46. The SMILES string of the molecule is Cc1cc(C)cc(NC(=O)COC(=O)C23CCC(=O)N2c2ccccc2C(=O)N3C2CC2)c1. The molecule has 170 valence electrons. The van der Waals surface area contributed by atoms with Crippen molar-refractivity contribution in [1.29, 1.82) is 0 Å². The van der Waals surface area contributed by atoms with E-state index in [4.69, 9.17) is 4.74 Å². The average molecular weight is 447 g/mol. The molecule has 2 aliphatic heterocycles. The van der Waals surface area contributed by atoms with Crippen LogP contribution in [0.25, 0.3) is 0 Å². The molecular formula is C25H25N3O5. The molecule has 2 aromatic rings. The van der Waals surface area contributed by atoms with E-state index in [0.29, 0.717) is 16.9 Å². The van der Waals surface area contributed by atoms with Crippen LogP contribution >= 0.6 is 0 Å². The van der Waals surface area contributed by atoms with Crippen molar-refractivity contribution in [3.8, 4) is 0 Å². The van der Waals surface area contributed by atoms with Crippen molar-refractivity contribution in [3.05, 3.63) is 59.2 Å². The molecule has 8 heteroatoms. The standard InChI is InChI=1S/C25H25N3O5/c1-15-11-16(2)13-17(12-15)26-21(29)14-33-24(32)25-10-9-22(30)28(25)20-6-4-3-5-19(20)23(31)27(25)18-7-8-18/h3-6,11-13,18H,7-10,14H2,1-2H3,(H,26,29). The summed E-state index contributed by atoms with van der Waals surface area (Å²) >= 11 is 0. The van der Waals surface area contributed by atoms with E-state index in [-0.39, 0.29) is 30.7 Å². The summed E-state index contributed by atoms with van der Waals surface area (Å²) in [5.41, 5.74) is 1.88. The number of benzene rings is 2. The van der Waals surface area contributed by atoms with Crippen LogP contribution in [0.3, 0.4) is 0 Å². The first-order chi connectivity index (χ1) is 15.8. The summed E-state index contributed by atoms with van der Waals surface area (Å²) in [6.07, 6.45) is 1.78. The summed E-state index contributed by atoms with van der Waals surface area (Å²) in [5.74, 6) is -1.76. The summed E-state index contributed by atoms with van der Waals surface area (Å²) in [6.45, 7) is 3.35. The predicted molar refractivity (Wildman–Crippen MR) is 121 cm³/mol. The van der Waals surface area contributed by atoms with Crippen molar-refractivity contribution in [2.45, 2.75) is 51.2 Å². The molecule has 2 aromatic carbocycles. The van der Waals surface area contributed by atoms with Gasteiger partial charge in [-0.25, -0.2) is 4.79 Å². The molecule has 1 saturated carbocycles. The van der Waals surface area contributed by atoms with Crippen LogP contribution in [0.5, 0.6) is 0 Å². The van der Waals surface area contributed by atoms with Gasteiger partial charge in [0, 0.05) is 24.6 Å². The van der Waals surface area contributed by atoms with Crippen LogP contribution in [0.15, 0.2) is 42.5 Å². The van der Waals surface area contributed by atoms with E-state index in [1.807, 2.05) is 32.0 Å². The molecule has 0 bridgehead atoms. The number of fused-ring (bicyclic) bond motifs is 3. The van der Waals surface area contributed by atoms with E-state index in [9.17, 15) is 19.2 Å². The fourth-order valence-electron chi connectivity index (χ4n) is 5.00. The van der Waals surface area contributed by atoms with Gasteiger partial charge in [0.15, 0.2) is 6.61 Å². The molecule has 0 spiro atoms. The highest BCUT2D eigenvalue weighted by atomic mass is 16.5. The van der Waals surface area contributed by atoms with E-state index in [1.54, 1.807) is 24.3 Å². The van der Waals surface area contributed by atoms with E-state index in [0.717, 1.165) is 24.0 Å². The predicted octanol–water partition coefficient (Wildman–Crippen LogP) is 2.93. The molecule has 2 heterocycles. The normalized spacial score (nSPS) is 21.5. The molecule has 1 aliphatic carbocycles. The lowest BCUT2D eigenvalue weighted by molar-refractivity contribution is -0.159. The molecule has 1 unspecified atom stereocenters. The lowest BCUT2D eigenvalue weighted by Crippen LogP contribution is -2.69. The fourth-order valence-corrected chi connectivity index (χ4v) is 5.00. The van der Waals surface area contributed by atoms with Crippen molar-refractivity contribution in [2.75, 3.05) is 16.8 Å². The molecule has 0 radical (unpaired) electrons. The largest absolute Gasteiger partial charge is 0.452 e. The molecule has 5 rings (SSSR count). The Bertz CT molecular complexity index is 1170. The highest BCUT2D eigenvalue weighted by molar-refractivity contribution is 6.16. The van der Waals surface area contributed by atoms with Gasteiger partial charge in [0.2, 0.25) is 11.6 Å². The molecule has 0 aromatic heterocycles. The van der Waals surface area contributed by atoms with Crippen LogP contribution in [-0.2, 0) is 19.1 Å². The van der Waals surface area contributed by atoms with E-state index < -0.39 is 24.1 Å². The number of anilines is 2. The van der Waals surface area contributed by atoms with Gasteiger partial charge in [0.25, 0.3) is 11.8 Å². The van der Waals surface area contributed by atoms with E-state index >= 15 is 0 Å². The Morgan fingerprint density at radius 3 is 2.48 bits per heavy atom. The third kappa shape index (κ3) is 3.46. The molecule has 1 N–H and O–H groups in total. The zero-order valence-electron chi connectivity index (χ0n) is 18.6. The number of nitrogens with zero attached hydrogens (tertiary/aromatic N) is 2. The molecule has 3 aliphatic rings. The second kappa shape index (κ2) is 7.72. The van der Waals surface area contributed by atoms with Crippen LogP contribution in [0.4, 0.5) is 11.4 Å². The number of rotatable bonds is 5. The minimum Gasteiger partial charge on any atom is -0.452 e. The number of amides is 3. The van der Waals surface area contributed by atoms with Crippen LogP contribution in [0.2, 0.25) is 0 Å². The van der Waals surface area contributed by atoms with Crippen LogP contribution < -0.4 is 10.2 Å². The lowest BCUT2D eigenvalue weighted by atomic mass is 9.96. The van der Waals surface area contributed by atoms with Gasteiger partial charge in [-0.05, 0) is 62.1 Å². The van der Waals surface area contributed by atoms with Gasteiger partial charge >= 0.3 is 5.97 Å². The first-order valence-corrected chi connectivity index (χ1v) is 11.1. The highest BCUT2D eigenvalue weighted by Crippen LogP contribution is 2.49. The van der Waals surface area contributed by atoms with Crippen molar-refractivity contribution in [2.24, 2.45) is 0 Å². The summed E-state index contributed by atoms with van der Waals surface area (Å²) in [5, 5.41) is 2.74. The van der Waals surface area contributed by atoms with Gasteiger partial charge in [-0.1, -0.05) is 18.2 Å². The minimum atomic E-state index is -1.55. The van der Waals surface area contributed by atoms with Crippen molar-refractivity contribution < 1.29 is 23.9 Å². The second-order valence-electron chi connectivity index (χ2n) is 8.97. The van der Waals surface area contributed by atoms with Gasteiger partial charge in [-0.15, -0.1) is 0 Å². The maximum atomic E-state index is 13.5. The summed E-state index contributed by atoms with van der Waals surface area (Å²) in [7, 11) is 0. The Balaban J connectivity index is 1.41. The zero-order chi connectivity index (χ0) is 23.3. The Kier molecular flexibility index (Phi) is 4.96. The molecule has 1 atom stereocenters. The molecule has 3 amide bonds. The number of aryl methyl sites for hydroxylation is 2. The van der Waals surface area contributed by atoms with Gasteiger partial charge in [0.1, 0.15) is 0 Å². The molecular weight excluding hydrogens is 422 g/mol. The van der Waals surface area contributed by atoms with E-state index in [2.05, 4.69) is 5.32 Å². The fraction of sp³-hybridized carbons (Fsp3) is 0.360. The Morgan fingerprint density at radius 2 is 1.79 bits per heavy atom. The third-order valence-corrected chi connectivity index (χ3v) is 6.38. The minimum absolute atomic E-state index is 0.120. The van der Waals surface area contributed by atoms with Crippen molar-refractivity contribution in [1.82, 2.24) is 4.90 Å². The number of ether oxygens (including phenoxy) is 1. The molecule has 33 heavy (non-hydrogen) atoms. The number of hydrogen-bond donors (Lipinski definition) is 1. The third-order valence-electron chi connectivity index (χ3n) is 6.38. The van der Waals surface area contributed by atoms with Crippen LogP contribution in [0, 0.1) is 13.8 Å². The summed E-state index contributed by atoms with van der Waals surface area (Å²) in [4.78, 5) is 55.3. The Hall–Kier alpha value is -3.68. The maximum Gasteiger partial charge on any atom is 0.354 e. The van der Waals surface area contributed by atoms with Crippen molar-refractivity contribution >= 4 is 35.1 Å². The molecule has 1 saturated heterocycles. The van der Waals surface area contributed by atoms with Gasteiger partial charge < -0.3 is 15.0 Å². The number of nitrogens with one attached hydrogen (secondary N) is 1. The quantitative estimate of drug-likeness (QED) is 0.711. The second-order valence-corrected chi connectivity index (χ2v) is 8.97. The number of carbonyl (C=O) groups is 4. The molecule has 8 nitrogen and oxygen atoms in total. The number of carbonyl (C=O) groups excluding carboxylic acids is 4. The number of para-hydroxylation sites is 1. The Morgan fingerprint density at radius 1 is 1.09 bits per heavy atom. The smallest absolute Gasteiger partial charge is 0.354 e. The highest BCUT2D eigenvalue weighted by Gasteiger charge is 2.64. The topological polar surface area (TPSA) is 96.0 Å². The maximum absolute atomic E-state index is 13.5. The first-order valence-electron chi connectivity index (χ1n) is 11.1. The van der Waals surface area contributed by atoms with Gasteiger partial charge in [0.05, 0.1) is 11.3 Å². The van der Waals surface area contributed by atoms with Crippen LogP contribution in [-0.4, -0.2) is 46.9 Å². The molecule has 2 fully saturated rings. The average Bonchev–Trinajstić information content (AvgIpc) is 3.54. The summed E-state index contributed by atoms with van der Waals surface area (Å²) in [6, 6.07) is 12.3. The monoisotopic (exact) mass is 447 g/mol. The van der Waals surface area contributed by atoms with Gasteiger partial charge in [-0.2, -0.15) is 0 Å². The number of esters is 1. The van der Waals surface area contributed by atoms with Crippen LogP contribution in [0.1, 0.15) is 47.2 Å². The first kappa shape index (κ1) is 21.2. The number of hydrogen-bond acceptors (Lipinski definition) is 5. The van der Waals surface area contributed by atoms with Crippen molar-refractivity contribution in [3.63, 3.8) is 0 Å². The zero-order valence-corrected chi connectivity index (χ0v) is 18.6. The Labute approximate surface area is 191 Å². The van der Waals surface area contributed by atoms with Gasteiger partial charge in [-0.3, -0.25) is 19.3 Å². The van der Waals surface area contributed by atoms with E-state index in [1.165, 1.54) is 9.80 Å².